The van der Waals surface area contributed by atoms with Gasteiger partial charge in [0.2, 0.25) is 11.8 Å². The lowest BCUT2D eigenvalue weighted by Crippen LogP contribution is -2.63. The van der Waals surface area contributed by atoms with E-state index < -0.39 is 6.10 Å². The van der Waals surface area contributed by atoms with Gasteiger partial charge in [-0.1, -0.05) is 13.8 Å². The van der Waals surface area contributed by atoms with E-state index in [2.05, 4.69) is 0 Å². The van der Waals surface area contributed by atoms with Crippen LogP contribution in [0.3, 0.4) is 0 Å². The monoisotopic (exact) mass is 225 g/mol. The van der Waals surface area contributed by atoms with Gasteiger partial charge in [0.15, 0.2) is 0 Å². The second-order valence-corrected chi connectivity index (χ2v) is 5.45. The van der Waals surface area contributed by atoms with Gasteiger partial charge in [-0.2, -0.15) is 0 Å². The predicted molar refractivity (Wildman–Crippen MR) is 58.5 cm³/mol. The Kier molecular flexibility index (Phi) is 2.78. The first-order valence-corrected chi connectivity index (χ1v) is 5.97. The zero-order valence-corrected chi connectivity index (χ0v) is 9.90. The molecule has 2 rings (SSSR count). The van der Waals surface area contributed by atoms with Crippen LogP contribution in [0.1, 0.15) is 46.0 Å². The fraction of sp³-hybridized carbons (Fsp3) is 0.833. The Hall–Kier alpha value is -0.900. The molecule has 0 aromatic rings. The molecule has 2 atom stereocenters. The number of aliphatic hydroxyl groups is 1. The zero-order valence-electron chi connectivity index (χ0n) is 9.90. The lowest BCUT2D eigenvalue weighted by molar-refractivity contribution is -0.167. The molecule has 1 aliphatic heterocycles. The van der Waals surface area contributed by atoms with E-state index >= 15 is 0 Å². The van der Waals surface area contributed by atoms with E-state index in [1.807, 2.05) is 13.8 Å². The maximum atomic E-state index is 11.9. The van der Waals surface area contributed by atoms with Gasteiger partial charge in [-0.3, -0.25) is 14.5 Å². The van der Waals surface area contributed by atoms with E-state index in [4.69, 9.17) is 0 Å². The number of hydrogen-bond donors (Lipinski definition) is 1. The number of amides is 2. The highest BCUT2D eigenvalue weighted by atomic mass is 16.3. The van der Waals surface area contributed by atoms with E-state index in [1.54, 1.807) is 0 Å². The number of likely N-dealkylation sites (tertiary alicyclic amines) is 1. The first kappa shape index (κ1) is 11.6. The van der Waals surface area contributed by atoms with Gasteiger partial charge in [-0.25, -0.2) is 0 Å². The predicted octanol–water partition coefficient (Wildman–Crippen LogP) is 1.07. The van der Waals surface area contributed by atoms with Crippen LogP contribution in [0.5, 0.6) is 0 Å². The molecule has 1 heterocycles. The largest absolute Gasteiger partial charge is 0.392 e. The van der Waals surface area contributed by atoms with E-state index in [1.165, 1.54) is 4.90 Å². The average Bonchev–Trinajstić information content (AvgIpc) is 2.38. The first-order valence-electron chi connectivity index (χ1n) is 5.97. The van der Waals surface area contributed by atoms with E-state index in [9.17, 15) is 14.7 Å². The number of imide groups is 1. The second kappa shape index (κ2) is 3.84. The van der Waals surface area contributed by atoms with Crippen LogP contribution >= 0.6 is 0 Å². The summed E-state index contributed by atoms with van der Waals surface area (Å²) in [6.45, 7) is 3.83. The number of aliphatic hydroxyl groups excluding tert-OH is 1. The minimum atomic E-state index is -0.402. The molecule has 2 fully saturated rings. The molecule has 0 aromatic heterocycles. The van der Waals surface area contributed by atoms with Gasteiger partial charge in [-0.15, -0.1) is 0 Å². The van der Waals surface area contributed by atoms with Gasteiger partial charge >= 0.3 is 0 Å². The Labute approximate surface area is 95.6 Å². The fourth-order valence-corrected chi connectivity index (χ4v) is 2.60. The van der Waals surface area contributed by atoms with Crippen LogP contribution < -0.4 is 0 Å². The third kappa shape index (κ3) is 1.65. The van der Waals surface area contributed by atoms with Gasteiger partial charge in [0.1, 0.15) is 0 Å². The molecule has 16 heavy (non-hydrogen) atoms. The van der Waals surface area contributed by atoms with Crippen molar-refractivity contribution in [2.24, 2.45) is 5.41 Å². The first-order chi connectivity index (χ1) is 7.44. The Morgan fingerprint density at radius 2 is 1.69 bits per heavy atom. The minimum absolute atomic E-state index is 0.0625. The Balaban J connectivity index is 2.18. The normalized spacial score (nSPS) is 34.6. The summed E-state index contributed by atoms with van der Waals surface area (Å²) in [7, 11) is 0. The highest BCUT2D eigenvalue weighted by molar-refractivity contribution is 5.96. The molecule has 2 amide bonds. The summed E-state index contributed by atoms with van der Waals surface area (Å²) >= 11 is 0. The molecular formula is C12H19NO3. The molecule has 1 N–H and O–H groups in total. The molecule has 2 aliphatic rings. The van der Waals surface area contributed by atoms with Crippen molar-refractivity contribution >= 4 is 11.8 Å². The molecule has 1 aliphatic carbocycles. The molecule has 0 bridgehead atoms. The Morgan fingerprint density at radius 1 is 1.19 bits per heavy atom. The SMILES string of the molecule is CC1(C)C(O)CC1N1C(=O)CCCCC1=O. The molecule has 0 spiro atoms. The van der Waals surface area contributed by atoms with Crippen LogP contribution in [0.25, 0.3) is 0 Å². The number of hydrogen-bond acceptors (Lipinski definition) is 3. The van der Waals surface area contributed by atoms with Crippen LogP contribution in [0.4, 0.5) is 0 Å². The third-order valence-electron chi connectivity index (χ3n) is 4.04. The number of carbonyl (C=O) groups excluding carboxylic acids is 2. The summed E-state index contributed by atoms with van der Waals surface area (Å²) in [5.41, 5.74) is -0.352. The number of rotatable bonds is 1. The molecule has 0 radical (unpaired) electrons. The molecule has 2 unspecified atom stereocenters. The lowest BCUT2D eigenvalue weighted by Gasteiger charge is -2.53. The van der Waals surface area contributed by atoms with Crippen LogP contribution in [0.15, 0.2) is 0 Å². The van der Waals surface area contributed by atoms with Gasteiger partial charge in [0, 0.05) is 24.3 Å². The summed E-state index contributed by atoms with van der Waals surface area (Å²) in [5, 5.41) is 9.67. The maximum absolute atomic E-state index is 11.9. The fourth-order valence-electron chi connectivity index (χ4n) is 2.60. The van der Waals surface area contributed by atoms with Crippen molar-refractivity contribution in [3.8, 4) is 0 Å². The summed E-state index contributed by atoms with van der Waals surface area (Å²) in [5.74, 6) is -0.125. The molecule has 4 nitrogen and oxygen atoms in total. The Morgan fingerprint density at radius 3 is 2.06 bits per heavy atom. The second-order valence-electron chi connectivity index (χ2n) is 5.45. The maximum Gasteiger partial charge on any atom is 0.229 e. The minimum Gasteiger partial charge on any atom is -0.392 e. The molecule has 4 heteroatoms. The highest BCUT2D eigenvalue weighted by Crippen LogP contribution is 2.44. The zero-order chi connectivity index (χ0) is 11.9. The number of nitrogens with zero attached hydrogens (tertiary/aromatic N) is 1. The standard InChI is InChI=1S/C12H19NO3/c1-12(2)8(7-9(12)14)13-10(15)5-3-4-6-11(13)16/h8-9,14H,3-7H2,1-2H3. The summed E-state index contributed by atoms with van der Waals surface area (Å²) in [4.78, 5) is 25.2. The van der Waals surface area contributed by atoms with E-state index in [-0.39, 0.29) is 23.3 Å². The van der Waals surface area contributed by atoms with Crippen molar-refractivity contribution in [2.75, 3.05) is 0 Å². The smallest absolute Gasteiger partial charge is 0.229 e. The van der Waals surface area contributed by atoms with Crippen molar-refractivity contribution < 1.29 is 14.7 Å². The van der Waals surface area contributed by atoms with E-state index in [0.717, 1.165) is 12.8 Å². The van der Waals surface area contributed by atoms with Crippen molar-refractivity contribution in [1.82, 2.24) is 4.90 Å². The van der Waals surface area contributed by atoms with Crippen LogP contribution in [-0.2, 0) is 9.59 Å². The summed E-state index contributed by atoms with van der Waals surface area (Å²) in [6, 6.07) is -0.111. The summed E-state index contributed by atoms with van der Waals surface area (Å²) < 4.78 is 0. The van der Waals surface area contributed by atoms with Crippen LogP contribution in [0, 0.1) is 5.41 Å². The lowest BCUT2D eigenvalue weighted by atomic mass is 9.64. The van der Waals surface area contributed by atoms with Gasteiger partial charge in [-0.05, 0) is 19.3 Å². The Bertz CT molecular complexity index is 306. The molecule has 1 saturated carbocycles. The molecular weight excluding hydrogens is 206 g/mol. The average molecular weight is 225 g/mol. The van der Waals surface area contributed by atoms with Crippen LogP contribution in [0.2, 0.25) is 0 Å². The van der Waals surface area contributed by atoms with Crippen LogP contribution in [-0.4, -0.2) is 34.0 Å². The van der Waals surface area contributed by atoms with E-state index in [0.29, 0.717) is 19.3 Å². The molecule has 90 valence electrons. The highest BCUT2D eigenvalue weighted by Gasteiger charge is 2.53. The van der Waals surface area contributed by atoms with Gasteiger partial charge in [0.25, 0.3) is 0 Å². The van der Waals surface area contributed by atoms with Crippen molar-refractivity contribution in [2.45, 2.75) is 58.1 Å². The number of carbonyl (C=O) groups is 2. The van der Waals surface area contributed by atoms with Crippen molar-refractivity contribution in [1.29, 1.82) is 0 Å². The van der Waals surface area contributed by atoms with Crippen molar-refractivity contribution in [3.05, 3.63) is 0 Å². The van der Waals surface area contributed by atoms with Gasteiger partial charge < -0.3 is 5.11 Å². The topological polar surface area (TPSA) is 57.6 Å². The van der Waals surface area contributed by atoms with Gasteiger partial charge in [0.05, 0.1) is 6.10 Å². The van der Waals surface area contributed by atoms with Crippen molar-refractivity contribution in [3.63, 3.8) is 0 Å². The molecule has 1 saturated heterocycles. The third-order valence-corrected chi connectivity index (χ3v) is 4.04. The molecule has 0 aromatic carbocycles. The summed E-state index contributed by atoms with van der Waals surface area (Å²) in [6.07, 6.45) is 2.67. The quantitative estimate of drug-likeness (QED) is 0.679.